The lowest BCUT2D eigenvalue weighted by atomic mass is 10.2. The summed E-state index contributed by atoms with van der Waals surface area (Å²) in [5.74, 6) is -1.68. The number of hydrogen-bond acceptors (Lipinski definition) is 2. The molecule has 1 unspecified atom stereocenters. The number of rotatable bonds is 4. The molecule has 0 fully saturated rings. The highest BCUT2D eigenvalue weighted by Crippen LogP contribution is 2.14. The Morgan fingerprint density at radius 2 is 2.11 bits per heavy atom. The molecule has 98 valence electrons. The topological polar surface area (TPSA) is 58.2 Å². The van der Waals surface area contributed by atoms with Crippen molar-refractivity contribution in [1.29, 1.82) is 0 Å². The maximum absolute atomic E-state index is 13.4. The van der Waals surface area contributed by atoms with Crippen LogP contribution in [0.3, 0.4) is 0 Å². The lowest BCUT2D eigenvalue weighted by Gasteiger charge is -2.13. The minimum absolute atomic E-state index is 0.182. The van der Waals surface area contributed by atoms with Gasteiger partial charge in [-0.05, 0) is 32.0 Å². The molecular weight excluding hydrogens is 259 g/mol. The Labute approximate surface area is 110 Å². The lowest BCUT2D eigenvalue weighted by molar-refractivity contribution is -0.122. The van der Waals surface area contributed by atoms with Crippen LogP contribution in [-0.4, -0.2) is 24.4 Å². The maximum atomic E-state index is 13.4. The van der Waals surface area contributed by atoms with E-state index in [0.717, 1.165) is 6.07 Å². The van der Waals surface area contributed by atoms with E-state index in [1.807, 2.05) is 0 Å². The number of benzene rings is 1. The zero-order valence-corrected chi connectivity index (χ0v) is 10.8. The van der Waals surface area contributed by atoms with Gasteiger partial charge in [0.05, 0.1) is 5.56 Å². The number of carbonyl (C=O) groups is 2. The van der Waals surface area contributed by atoms with Gasteiger partial charge in [-0.2, -0.15) is 0 Å². The summed E-state index contributed by atoms with van der Waals surface area (Å²) >= 11 is 5.68. The monoisotopic (exact) mass is 272 g/mol. The zero-order valence-electron chi connectivity index (χ0n) is 10.1. The highest BCUT2D eigenvalue weighted by molar-refractivity contribution is 6.31. The molecule has 0 heterocycles. The van der Waals surface area contributed by atoms with Crippen LogP contribution in [-0.2, 0) is 4.79 Å². The minimum Gasteiger partial charge on any atom is -0.355 e. The first-order chi connectivity index (χ1) is 8.45. The molecule has 1 atom stereocenters. The molecule has 0 aliphatic heterocycles. The molecule has 2 N–H and O–H groups in total. The minimum atomic E-state index is -0.740. The van der Waals surface area contributed by atoms with Crippen LogP contribution in [0.1, 0.15) is 24.2 Å². The van der Waals surface area contributed by atoms with Gasteiger partial charge in [-0.25, -0.2) is 4.39 Å². The Morgan fingerprint density at radius 1 is 1.44 bits per heavy atom. The molecule has 4 nitrogen and oxygen atoms in total. The van der Waals surface area contributed by atoms with E-state index in [0.29, 0.717) is 6.54 Å². The summed E-state index contributed by atoms with van der Waals surface area (Å²) in [5, 5.41) is 5.21. The van der Waals surface area contributed by atoms with E-state index >= 15 is 0 Å². The number of nitrogens with one attached hydrogen (secondary N) is 2. The quantitative estimate of drug-likeness (QED) is 0.877. The lowest BCUT2D eigenvalue weighted by Crippen LogP contribution is -2.44. The first kappa shape index (κ1) is 14.4. The second-order valence-corrected chi connectivity index (χ2v) is 4.15. The highest BCUT2D eigenvalue weighted by atomic mass is 35.5. The van der Waals surface area contributed by atoms with Crippen molar-refractivity contribution in [3.63, 3.8) is 0 Å². The van der Waals surface area contributed by atoms with Crippen molar-refractivity contribution >= 4 is 23.4 Å². The molecule has 0 aliphatic rings. The third-order valence-electron chi connectivity index (χ3n) is 2.26. The number of amides is 2. The molecule has 0 saturated heterocycles. The van der Waals surface area contributed by atoms with E-state index in [1.54, 1.807) is 6.92 Å². The highest BCUT2D eigenvalue weighted by Gasteiger charge is 2.18. The Balaban J connectivity index is 2.76. The second-order valence-electron chi connectivity index (χ2n) is 3.71. The Kier molecular flexibility index (Phi) is 5.09. The second kappa shape index (κ2) is 6.35. The summed E-state index contributed by atoms with van der Waals surface area (Å²) in [5.41, 5.74) is -0.182. The summed E-state index contributed by atoms with van der Waals surface area (Å²) in [7, 11) is 0. The van der Waals surface area contributed by atoms with Crippen molar-refractivity contribution in [3.8, 4) is 0 Å². The number of halogens is 2. The van der Waals surface area contributed by atoms with Crippen molar-refractivity contribution in [2.24, 2.45) is 0 Å². The van der Waals surface area contributed by atoms with Gasteiger partial charge in [0.2, 0.25) is 5.91 Å². The van der Waals surface area contributed by atoms with Crippen LogP contribution in [0.5, 0.6) is 0 Å². The molecule has 0 spiro atoms. The smallest absolute Gasteiger partial charge is 0.254 e. The standard InChI is InChI=1S/C12H14ClFN2O2/c1-3-15-11(17)7(2)16-12(18)9-6-8(13)4-5-10(9)14/h4-7H,3H2,1-2H3,(H,15,17)(H,16,18). The third kappa shape index (κ3) is 3.70. The molecule has 1 aromatic carbocycles. The normalized spacial score (nSPS) is 11.8. The van der Waals surface area contributed by atoms with Crippen LogP contribution in [0.4, 0.5) is 4.39 Å². The van der Waals surface area contributed by atoms with Gasteiger partial charge in [0.25, 0.3) is 5.91 Å². The summed E-state index contributed by atoms with van der Waals surface area (Å²) < 4.78 is 13.4. The van der Waals surface area contributed by atoms with Crippen LogP contribution in [0.2, 0.25) is 5.02 Å². The third-order valence-corrected chi connectivity index (χ3v) is 2.50. The number of carbonyl (C=O) groups excluding carboxylic acids is 2. The van der Waals surface area contributed by atoms with Crippen molar-refractivity contribution in [2.75, 3.05) is 6.54 Å². The van der Waals surface area contributed by atoms with Gasteiger partial charge >= 0.3 is 0 Å². The summed E-state index contributed by atoms with van der Waals surface area (Å²) in [4.78, 5) is 23.2. The predicted octanol–water partition coefficient (Wildman–Crippen LogP) is 1.73. The summed E-state index contributed by atoms with van der Waals surface area (Å²) in [6.07, 6.45) is 0. The van der Waals surface area contributed by atoms with Gasteiger partial charge in [-0.15, -0.1) is 0 Å². The first-order valence-electron chi connectivity index (χ1n) is 5.49. The molecule has 1 rings (SSSR count). The maximum Gasteiger partial charge on any atom is 0.254 e. The van der Waals surface area contributed by atoms with E-state index in [-0.39, 0.29) is 16.5 Å². The summed E-state index contributed by atoms with van der Waals surface area (Å²) in [6.45, 7) is 3.75. The van der Waals surface area contributed by atoms with Crippen LogP contribution in [0, 0.1) is 5.82 Å². The van der Waals surface area contributed by atoms with Gasteiger partial charge in [0.15, 0.2) is 0 Å². The largest absolute Gasteiger partial charge is 0.355 e. The molecule has 6 heteroatoms. The molecule has 0 saturated carbocycles. The van der Waals surface area contributed by atoms with Crippen LogP contribution in [0.15, 0.2) is 18.2 Å². The fraction of sp³-hybridized carbons (Fsp3) is 0.333. The van der Waals surface area contributed by atoms with Gasteiger partial charge in [-0.1, -0.05) is 11.6 Å². The van der Waals surface area contributed by atoms with Crippen molar-refractivity contribution in [2.45, 2.75) is 19.9 Å². The van der Waals surface area contributed by atoms with E-state index in [1.165, 1.54) is 19.1 Å². The number of hydrogen-bond donors (Lipinski definition) is 2. The van der Waals surface area contributed by atoms with Crippen LogP contribution in [0.25, 0.3) is 0 Å². The molecule has 1 aromatic rings. The molecule has 2 amide bonds. The van der Waals surface area contributed by atoms with Crippen LogP contribution < -0.4 is 10.6 Å². The SMILES string of the molecule is CCNC(=O)C(C)NC(=O)c1cc(Cl)ccc1F. The Morgan fingerprint density at radius 3 is 2.72 bits per heavy atom. The van der Waals surface area contributed by atoms with Gasteiger partial charge in [0, 0.05) is 11.6 Å². The molecular formula is C12H14ClFN2O2. The molecule has 0 aromatic heterocycles. The summed E-state index contributed by atoms with van der Waals surface area (Å²) in [6, 6.07) is 2.93. The van der Waals surface area contributed by atoms with Crippen molar-refractivity contribution < 1.29 is 14.0 Å². The van der Waals surface area contributed by atoms with E-state index in [9.17, 15) is 14.0 Å². The fourth-order valence-corrected chi connectivity index (χ4v) is 1.51. The van der Waals surface area contributed by atoms with Crippen LogP contribution >= 0.6 is 11.6 Å². The molecule has 0 radical (unpaired) electrons. The van der Waals surface area contributed by atoms with Crippen molar-refractivity contribution in [1.82, 2.24) is 10.6 Å². The molecule has 0 aliphatic carbocycles. The zero-order chi connectivity index (χ0) is 13.7. The fourth-order valence-electron chi connectivity index (χ4n) is 1.34. The molecule has 18 heavy (non-hydrogen) atoms. The van der Waals surface area contributed by atoms with Gasteiger partial charge < -0.3 is 10.6 Å². The van der Waals surface area contributed by atoms with Crippen molar-refractivity contribution in [3.05, 3.63) is 34.6 Å². The Hall–Kier alpha value is -1.62. The van der Waals surface area contributed by atoms with E-state index in [4.69, 9.17) is 11.6 Å². The van der Waals surface area contributed by atoms with Gasteiger partial charge in [-0.3, -0.25) is 9.59 Å². The van der Waals surface area contributed by atoms with E-state index in [2.05, 4.69) is 10.6 Å². The average Bonchev–Trinajstić information content (AvgIpc) is 2.32. The molecule has 0 bridgehead atoms. The average molecular weight is 273 g/mol. The predicted molar refractivity (Wildman–Crippen MR) is 67.0 cm³/mol. The number of likely N-dealkylation sites (N-methyl/N-ethyl adjacent to an activating group) is 1. The van der Waals surface area contributed by atoms with E-state index < -0.39 is 17.8 Å². The Bertz CT molecular complexity index is 465. The van der Waals surface area contributed by atoms with Gasteiger partial charge in [0.1, 0.15) is 11.9 Å². The first-order valence-corrected chi connectivity index (χ1v) is 5.87.